The Morgan fingerprint density at radius 2 is 1.30 bits per heavy atom. The standard InChI is InChI=1S/C34H24N2O/c1-23-16-18-25(19-17-23)34(37)36-30-15-9-8-14-28(30)29-21-20-26-22-31(24-10-4-2-5-11-24)35(32(26)33(29)36)27-12-6-3-7-13-27/h2-22H,1H3. The van der Waals surface area contributed by atoms with Gasteiger partial charge in [0.05, 0.1) is 22.2 Å². The summed E-state index contributed by atoms with van der Waals surface area (Å²) in [7, 11) is 0. The van der Waals surface area contributed by atoms with Crippen LogP contribution < -0.4 is 0 Å². The minimum absolute atomic E-state index is 0.0271. The van der Waals surface area contributed by atoms with Crippen molar-refractivity contribution in [1.29, 1.82) is 0 Å². The Labute approximate surface area is 214 Å². The first kappa shape index (κ1) is 21.4. The number of fused-ring (bicyclic) bond motifs is 5. The van der Waals surface area contributed by atoms with E-state index in [9.17, 15) is 4.79 Å². The lowest BCUT2D eigenvalue weighted by Crippen LogP contribution is -2.12. The van der Waals surface area contributed by atoms with Gasteiger partial charge in [0.25, 0.3) is 5.91 Å². The van der Waals surface area contributed by atoms with Gasteiger partial charge in [-0.05, 0) is 48.9 Å². The quantitative estimate of drug-likeness (QED) is 0.251. The number of benzene rings is 5. The van der Waals surface area contributed by atoms with Gasteiger partial charge in [-0.3, -0.25) is 9.36 Å². The van der Waals surface area contributed by atoms with Crippen LogP contribution in [0.2, 0.25) is 0 Å². The molecule has 0 aliphatic carbocycles. The predicted molar refractivity (Wildman–Crippen MR) is 153 cm³/mol. The van der Waals surface area contributed by atoms with Crippen LogP contribution in [0.15, 0.2) is 127 Å². The van der Waals surface area contributed by atoms with Gasteiger partial charge in [-0.1, -0.05) is 96.6 Å². The van der Waals surface area contributed by atoms with E-state index in [2.05, 4.69) is 77.4 Å². The lowest BCUT2D eigenvalue weighted by atomic mass is 10.1. The van der Waals surface area contributed by atoms with Gasteiger partial charge in [0.2, 0.25) is 0 Å². The number of hydrogen-bond donors (Lipinski definition) is 0. The Balaban J connectivity index is 1.66. The minimum atomic E-state index is -0.0271. The Morgan fingerprint density at radius 1 is 0.622 bits per heavy atom. The van der Waals surface area contributed by atoms with Gasteiger partial charge in [-0.2, -0.15) is 0 Å². The van der Waals surface area contributed by atoms with Crippen molar-refractivity contribution in [2.24, 2.45) is 0 Å². The van der Waals surface area contributed by atoms with Crippen molar-refractivity contribution in [1.82, 2.24) is 9.13 Å². The largest absolute Gasteiger partial charge is 0.307 e. The van der Waals surface area contributed by atoms with Crippen molar-refractivity contribution in [3.05, 3.63) is 139 Å². The van der Waals surface area contributed by atoms with Crippen LogP contribution >= 0.6 is 0 Å². The molecular weight excluding hydrogens is 452 g/mol. The third-order valence-electron chi connectivity index (χ3n) is 7.18. The Kier molecular flexibility index (Phi) is 4.83. The summed E-state index contributed by atoms with van der Waals surface area (Å²) in [5.74, 6) is -0.0271. The first-order chi connectivity index (χ1) is 18.2. The summed E-state index contributed by atoms with van der Waals surface area (Å²) in [4.78, 5) is 14.2. The zero-order valence-corrected chi connectivity index (χ0v) is 20.4. The summed E-state index contributed by atoms with van der Waals surface area (Å²) in [6.07, 6.45) is 0. The van der Waals surface area contributed by atoms with Gasteiger partial charge in [0.1, 0.15) is 0 Å². The molecule has 176 valence electrons. The molecule has 7 aromatic rings. The zero-order valence-electron chi connectivity index (χ0n) is 20.4. The van der Waals surface area contributed by atoms with E-state index in [1.807, 2.05) is 66.1 Å². The second-order valence-electron chi connectivity index (χ2n) is 9.49. The molecule has 2 aromatic heterocycles. The van der Waals surface area contributed by atoms with E-state index >= 15 is 0 Å². The summed E-state index contributed by atoms with van der Waals surface area (Å²) >= 11 is 0. The van der Waals surface area contributed by atoms with Crippen LogP contribution in [0.5, 0.6) is 0 Å². The van der Waals surface area contributed by atoms with Crippen LogP contribution in [0.1, 0.15) is 15.9 Å². The van der Waals surface area contributed by atoms with Crippen molar-refractivity contribution in [2.45, 2.75) is 6.92 Å². The molecule has 0 saturated heterocycles. The fraction of sp³-hybridized carbons (Fsp3) is 0.0294. The molecule has 0 spiro atoms. The highest BCUT2D eigenvalue weighted by Crippen LogP contribution is 2.39. The average Bonchev–Trinajstić information content (AvgIpc) is 3.50. The summed E-state index contributed by atoms with van der Waals surface area (Å²) in [6, 6.07) is 43.4. The Bertz CT molecular complexity index is 1930. The summed E-state index contributed by atoms with van der Waals surface area (Å²) in [5.41, 5.74) is 7.95. The smallest absolute Gasteiger partial charge is 0.262 e. The van der Waals surface area contributed by atoms with Crippen molar-refractivity contribution in [2.75, 3.05) is 0 Å². The van der Waals surface area contributed by atoms with Crippen LogP contribution in [-0.4, -0.2) is 15.0 Å². The molecule has 7 rings (SSSR count). The molecule has 37 heavy (non-hydrogen) atoms. The van der Waals surface area contributed by atoms with Crippen LogP contribution in [-0.2, 0) is 0 Å². The molecule has 2 heterocycles. The van der Waals surface area contributed by atoms with Gasteiger partial charge < -0.3 is 4.57 Å². The fourth-order valence-electron chi connectivity index (χ4n) is 5.44. The number of carbonyl (C=O) groups is 1. The second-order valence-corrected chi connectivity index (χ2v) is 9.49. The van der Waals surface area contributed by atoms with Gasteiger partial charge in [-0.25, -0.2) is 0 Å². The van der Waals surface area contributed by atoms with Gasteiger partial charge >= 0.3 is 0 Å². The van der Waals surface area contributed by atoms with Crippen LogP contribution in [0, 0.1) is 6.92 Å². The number of hydrogen-bond acceptors (Lipinski definition) is 1. The number of carbonyl (C=O) groups excluding carboxylic acids is 1. The van der Waals surface area contributed by atoms with E-state index in [4.69, 9.17) is 0 Å². The molecule has 0 fully saturated rings. The van der Waals surface area contributed by atoms with E-state index in [0.29, 0.717) is 5.56 Å². The molecule has 0 N–H and O–H groups in total. The van der Waals surface area contributed by atoms with Crippen molar-refractivity contribution < 1.29 is 4.79 Å². The van der Waals surface area contributed by atoms with Crippen LogP contribution in [0.3, 0.4) is 0 Å². The molecule has 0 aliphatic rings. The molecule has 3 heteroatoms. The lowest BCUT2D eigenvalue weighted by molar-refractivity contribution is 0.0969. The van der Waals surface area contributed by atoms with E-state index in [1.165, 1.54) is 0 Å². The van der Waals surface area contributed by atoms with Gasteiger partial charge in [0.15, 0.2) is 0 Å². The highest BCUT2D eigenvalue weighted by Gasteiger charge is 2.23. The van der Waals surface area contributed by atoms with Crippen molar-refractivity contribution in [3.63, 3.8) is 0 Å². The Hall–Kier alpha value is -4.89. The van der Waals surface area contributed by atoms with Crippen LogP contribution in [0.4, 0.5) is 0 Å². The highest BCUT2D eigenvalue weighted by molar-refractivity contribution is 6.23. The van der Waals surface area contributed by atoms with Gasteiger partial charge in [-0.15, -0.1) is 0 Å². The number of para-hydroxylation sites is 2. The average molecular weight is 477 g/mol. The molecule has 5 aromatic carbocycles. The zero-order chi connectivity index (χ0) is 24.9. The second kappa shape index (κ2) is 8.35. The molecular formula is C34H24N2O. The number of aryl methyl sites for hydroxylation is 1. The normalized spacial score (nSPS) is 11.5. The van der Waals surface area contributed by atoms with E-state index in [-0.39, 0.29) is 5.91 Å². The van der Waals surface area contributed by atoms with Crippen molar-refractivity contribution in [3.8, 4) is 16.9 Å². The van der Waals surface area contributed by atoms with Crippen molar-refractivity contribution >= 4 is 38.6 Å². The third-order valence-corrected chi connectivity index (χ3v) is 7.18. The summed E-state index contributed by atoms with van der Waals surface area (Å²) < 4.78 is 4.21. The fourth-order valence-corrected chi connectivity index (χ4v) is 5.44. The number of nitrogens with zero attached hydrogens (tertiary/aromatic N) is 2. The SMILES string of the molecule is Cc1ccc(C(=O)n2c3ccccc3c3ccc4cc(-c5ccccc5)n(-c5ccccc5)c4c32)cc1. The molecule has 0 saturated carbocycles. The monoisotopic (exact) mass is 476 g/mol. The lowest BCUT2D eigenvalue weighted by Gasteiger charge is -2.14. The first-order valence-corrected chi connectivity index (χ1v) is 12.5. The third kappa shape index (κ3) is 3.32. The minimum Gasteiger partial charge on any atom is -0.307 e. The van der Waals surface area contributed by atoms with Crippen LogP contribution in [0.25, 0.3) is 49.7 Å². The van der Waals surface area contributed by atoms with E-state index < -0.39 is 0 Å². The Morgan fingerprint density at radius 3 is 2.05 bits per heavy atom. The topological polar surface area (TPSA) is 26.9 Å². The maximum atomic E-state index is 14.2. The molecule has 0 bridgehead atoms. The molecule has 3 nitrogen and oxygen atoms in total. The predicted octanol–water partition coefficient (Wildman–Crippen LogP) is 8.40. The van der Waals surface area contributed by atoms with E-state index in [0.717, 1.165) is 55.2 Å². The summed E-state index contributed by atoms with van der Waals surface area (Å²) in [5, 5.41) is 3.23. The number of rotatable bonds is 3. The highest BCUT2D eigenvalue weighted by atomic mass is 16.2. The van der Waals surface area contributed by atoms with E-state index in [1.54, 1.807) is 0 Å². The van der Waals surface area contributed by atoms with Gasteiger partial charge in [0, 0.05) is 27.4 Å². The molecule has 0 unspecified atom stereocenters. The molecule has 0 radical (unpaired) electrons. The molecule has 0 amide bonds. The maximum absolute atomic E-state index is 14.2. The maximum Gasteiger partial charge on any atom is 0.262 e. The first-order valence-electron chi connectivity index (χ1n) is 12.5. The number of aromatic nitrogens is 2. The molecule has 0 aliphatic heterocycles. The molecule has 0 atom stereocenters. The summed E-state index contributed by atoms with van der Waals surface area (Å²) in [6.45, 7) is 2.04.